The molecule has 0 amide bonds. The molecular formula is C25H26BN5O2S2. The monoisotopic (exact) mass is 503 g/mol. The van der Waals surface area contributed by atoms with Crippen LogP contribution in [0.15, 0.2) is 76.6 Å². The van der Waals surface area contributed by atoms with Crippen LogP contribution in [0.2, 0.25) is 0 Å². The minimum absolute atomic E-state index is 0.138. The fourth-order valence-electron chi connectivity index (χ4n) is 3.69. The van der Waals surface area contributed by atoms with Crippen LogP contribution < -0.4 is 20.9 Å². The number of thiol groups is 1. The molecule has 4 rings (SSSR count). The molecule has 2 radical (unpaired) electrons. The highest BCUT2D eigenvalue weighted by Gasteiger charge is 2.21. The molecule has 1 aromatic heterocycles. The molecule has 4 N–H and O–H groups in total. The maximum Gasteiger partial charge on any atom is 0.165 e. The van der Waals surface area contributed by atoms with Crippen LogP contribution in [0, 0.1) is 17.2 Å². The van der Waals surface area contributed by atoms with Crippen molar-refractivity contribution >= 4 is 42.3 Å². The molecule has 1 saturated carbocycles. The van der Waals surface area contributed by atoms with Gasteiger partial charge in [-0.2, -0.15) is 5.26 Å². The predicted octanol–water partition coefficient (Wildman–Crippen LogP) is 5.43. The van der Waals surface area contributed by atoms with Gasteiger partial charge in [0.1, 0.15) is 29.9 Å². The summed E-state index contributed by atoms with van der Waals surface area (Å²) < 4.78 is 11.7. The topological polar surface area (TPSA) is 120 Å². The Labute approximate surface area is 216 Å². The standard InChI is InChI=1S/C25H25N5O2S.BHS/c26-13-23(25(28)24(27)17-4-1-2-5-17)30-18-8-10-19(11-9-18)32-21-7-3-6-20(12-21)31-15-22-14-29-16-33-22;1-2/h3,6-12,14,16-17H,1-2,4-5,15,27-28H2;2H/b25-24+,30-23?;. The van der Waals surface area contributed by atoms with E-state index in [4.69, 9.17) is 20.9 Å². The molecule has 7 nitrogen and oxygen atoms in total. The molecule has 2 aromatic carbocycles. The molecule has 0 aliphatic heterocycles. The average molecular weight is 503 g/mol. The van der Waals surface area contributed by atoms with E-state index < -0.39 is 0 Å². The summed E-state index contributed by atoms with van der Waals surface area (Å²) in [5.74, 6) is 2.24. The summed E-state index contributed by atoms with van der Waals surface area (Å²) in [5, 5.41) is 9.54. The first-order valence-corrected chi connectivity index (χ1v) is 12.4. The highest BCUT2D eigenvalue weighted by molar-refractivity contribution is 8.03. The van der Waals surface area contributed by atoms with Gasteiger partial charge < -0.3 is 20.9 Å². The number of hydrogen-bond donors (Lipinski definition) is 3. The summed E-state index contributed by atoms with van der Waals surface area (Å²) in [7, 11) is 4.19. The molecule has 0 saturated heterocycles. The van der Waals surface area contributed by atoms with Crippen LogP contribution in [0.4, 0.5) is 5.69 Å². The van der Waals surface area contributed by atoms with Gasteiger partial charge in [-0.05, 0) is 49.2 Å². The molecule has 0 bridgehead atoms. The van der Waals surface area contributed by atoms with Crippen molar-refractivity contribution in [2.45, 2.75) is 32.3 Å². The van der Waals surface area contributed by atoms with Crippen LogP contribution in [0.25, 0.3) is 0 Å². The number of nitrogens with two attached hydrogens (primary N) is 2. The normalized spacial score (nSPS) is 14.3. The maximum atomic E-state index is 9.54. The lowest BCUT2D eigenvalue weighted by Gasteiger charge is -2.12. The quantitative estimate of drug-likeness (QED) is 0.214. The summed E-state index contributed by atoms with van der Waals surface area (Å²) in [6.07, 6.45) is 6.09. The van der Waals surface area contributed by atoms with Crippen molar-refractivity contribution < 1.29 is 9.47 Å². The highest BCUT2D eigenvalue weighted by atomic mass is 32.1. The van der Waals surface area contributed by atoms with Crippen molar-refractivity contribution in [2.75, 3.05) is 0 Å². The first kappa shape index (κ1) is 26.2. The van der Waals surface area contributed by atoms with E-state index >= 15 is 0 Å². The maximum absolute atomic E-state index is 9.54. The van der Waals surface area contributed by atoms with Crippen LogP contribution in [0.1, 0.15) is 30.6 Å². The molecule has 3 aromatic rings. The Morgan fingerprint density at radius 2 is 1.83 bits per heavy atom. The minimum atomic E-state index is 0.138. The van der Waals surface area contributed by atoms with E-state index in [0.717, 1.165) is 30.6 Å². The Bertz CT molecular complexity index is 1190. The number of ether oxygens (including phenoxy) is 2. The summed E-state index contributed by atoms with van der Waals surface area (Å²) in [5.41, 5.74) is 15.7. The van der Waals surface area contributed by atoms with Gasteiger partial charge in [0.2, 0.25) is 0 Å². The number of hydrogen-bond acceptors (Lipinski definition) is 9. The molecule has 10 heteroatoms. The van der Waals surface area contributed by atoms with Gasteiger partial charge in [0.25, 0.3) is 0 Å². The second kappa shape index (κ2) is 13.5. The van der Waals surface area contributed by atoms with E-state index in [1.165, 1.54) is 0 Å². The number of allylic oxidation sites excluding steroid dienone is 2. The smallest absolute Gasteiger partial charge is 0.165 e. The molecule has 1 fully saturated rings. The Morgan fingerprint density at radius 1 is 1.11 bits per heavy atom. The van der Waals surface area contributed by atoms with E-state index in [0.29, 0.717) is 35.2 Å². The number of nitriles is 1. The minimum Gasteiger partial charge on any atom is -0.488 e. The van der Waals surface area contributed by atoms with E-state index in [1.54, 1.807) is 47.3 Å². The zero-order valence-corrected chi connectivity index (χ0v) is 20.8. The molecule has 1 heterocycles. The lowest BCUT2D eigenvalue weighted by molar-refractivity contribution is 0.308. The van der Waals surface area contributed by atoms with Gasteiger partial charge in [0.05, 0.1) is 21.8 Å². The number of thiazole rings is 1. The SMILES string of the molecule is N#CC(=Nc1ccc(Oc2cccc(OCc3cncs3)c2)cc1)/C(N)=C(\N)C1CCCC1.[B]S. The Hall–Kier alpha value is -3.42. The zero-order valence-electron chi connectivity index (χ0n) is 19.1. The summed E-state index contributed by atoms with van der Waals surface area (Å²) in [6.45, 7) is 0.463. The summed E-state index contributed by atoms with van der Waals surface area (Å²) in [4.78, 5) is 9.49. The Balaban J connectivity index is 0.00000167. The van der Waals surface area contributed by atoms with Gasteiger partial charge in [-0.15, -0.1) is 11.3 Å². The predicted molar refractivity (Wildman–Crippen MR) is 144 cm³/mol. The van der Waals surface area contributed by atoms with E-state index in [9.17, 15) is 5.26 Å². The largest absolute Gasteiger partial charge is 0.488 e. The second-order valence-corrected chi connectivity index (χ2v) is 8.72. The zero-order chi connectivity index (χ0) is 25.0. The first-order chi connectivity index (χ1) is 17.1. The van der Waals surface area contributed by atoms with Crippen molar-refractivity contribution in [3.05, 3.63) is 76.5 Å². The van der Waals surface area contributed by atoms with Crippen molar-refractivity contribution in [1.29, 1.82) is 5.26 Å². The van der Waals surface area contributed by atoms with E-state index in [2.05, 4.69) is 35.7 Å². The van der Waals surface area contributed by atoms with Crippen LogP contribution >= 0.6 is 23.8 Å². The van der Waals surface area contributed by atoms with E-state index in [-0.39, 0.29) is 17.3 Å². The molecule has 1 aliphatic rings. The fraction of sp³-hybridized carbons (Fsp3) is 0.240. The van der Waals surface area contributed by atoms with Crippen molar-refractivity contribution in [2.24, 2.45) is 22.4 Å². The lowest BCUT2D eigenvalue weighted by Crippen LogP contribution is -2.21. The van der Waals surface area contributed by atoms with Crippen LogP contribution in [0.5, 0.6) is 17.2 Å². The number of aliphatic imine (C=N–C) groups is 1. The number of rotatable bonds is 8. The molecule has 1 aliphatic carbocycles. The van der Waals surface area contributed by atoms with Crippen LogP contribution in [0.3, 0.4) is 0 Å². The summed E-state index contributed by atoms with van der Waals surface area (Å²) >= 11 is 4.58. The molecular weight excluding hydrogens is 477 g/mol. The molecule has 0 atom stereocenters. The third-order valence-electron chi connectivity index (χ3n) is 5.45. The van der Waals surface area contributed by atoms with Gasteiger partial charge in [0, 0.05) is 23.9 Å². The summed E-state index contributed by atoms with van der Waals surface area (Å²) in [6, 6.07) is 16.6. The van der Waals surface area contributed by atoms with Gasteiger partial charge in [-0.3, -0.25) is 4.98 Å². The molecule has 35 heavy (non-hydrogen) atoms. The highest BCUT2D eigenvalue weighted by Crippen LogP contribution is 2.30. The van der Waals surface area contributed by atoms with E-state index in [1.807, 2.05) is 24.3 Å². The van der Waals surface area contributed by atoms with Crippen LogP contribution in [-0.4, -0.2) is 17.8 Å². The number of benzene rings is 2. The number of aromatic nitrogens is 1. The fourth-order valence-corrected chi connectivity index (χ4v) is 4.19. The molecule has 0 unspecified atom stereocenters. The third-order valence-corrected chi connectivity index (χ3v) is 6.20. The molecule has 178 valence electrons. The third kappa shape index (κ3) is 7.54. The van der Waals surface area contributed by atoms with Gasteiger partial charge in [-0.25, -0.2) is 17.5 Å². The van der Waals surface area contributed by atoms with Gasteiger partial charge >= 0.3 is 0 Å². The van der Waals surface area contributed by atoms with Crippen molar-refractivity contribution in [3.63, 3.8) is 0 Å². The molecule has 0 spiro atoms. The number of nitrogens with zero attached hydrogens (tertiary/aromatic N) is 3. The first-order valence-electron chi connectivity index (χ1n) is 11.0. The van der Waals surface area contributed by atoms with Crippen molar-refractivity contribution in [3.8, 4) is 23.3 Å². The van der Waals surface area contributed by atoms with Crippen LogP contribution in [-0.2, 0) is 6.61 Å². The lowest BCUT2D eigenvalue weighted by atomic mass is 10.0. The van der Waals surface area contributed by atoms with Crippen molar-refractivity contribution in [1.82, 2.24) is 4.98 Å². The van der Waals surface area contributed by atoms with Gasteiger partial charge in [0.15, 0.2) is 12.8 Å². The average Bonchev–Trinajstić information content (AvgIpc) is 3.62. The second-order valence-electron chi connectivity index (χ2n) is 7.75. The Kier molecular flexibility index (Phi) is 10.1. The van der Waals surface area contributed by atoms with Gasteiger partial charge in [-0.1, -0.05) is 18.9 Å². The Morgan fingerprint density at radius 3 is 2.49 bits per heavy atom.